The number of ether oxygens (including phenoxy) is 7. The quantitative estimate of drug-likeness (QED) is 0.0543. The van der Waals surface area contributed by atoms with Crippen LogP contribution in [0.2, 0.25) is 5.02 Å². The topological polar surface area (TPSA) is 283 Å². The summed E-state index contributed by atoms with van der Waals surface area (Å²) >= 11 is 6.26. The molecule has 80 heavy (non-hydrogen) atoms. The van der Waals surface area contributed by atoms with Gasteiger partial charge in [-0.1, -0.05) is 70.4 Å². The van der Waals surface area contributed by atoms with Gasteiger partial charge in [0, 0.05) is 62.9 Å². The maximum absolute atomic E-state index is 15.1. The first kappa shape index (κ1) is 57.2. The fraction of sp³-hybridized carbons (Fsp3) is 0.667. The number of aromatic nitrogens is 2. The van der Waals surface area contributed by atoms with Gasteiger partial charge in [-0.05, 0) is 114 Å². The summed E-state index contributed by atoms with van der Waals surface area (Å²) in [5, 5.41) is 52.4. The van der Waals surface area contributed by atoms with Crippen molar-refractivity contribution < 1.29 is 72.8 Å². The van der Waals surface area contributed by atoms with E-state index in [0.29, 0.717) is 42.8 Å². The molecule has 3 aromatic rings. The smallest absolute Gasteiger partial charge is 0.355 e. The number of carbonyl (C=O) groups excluding carboxylic acids is 3. The van der Waals surface area contributed by atoms with E-state index < -0.39 is 125 Å². The number of carboxylic acid groups (broad SMARTS) is 1. The van der Waals surface area contributed by atoms with E-state index in [2.05, 4.69) is 21.4 Å². The second-order valence-electron chi connectivity index (χ2n) is 25.3. The molecule has 1 spiro atoms. The third kappa shape index (κ3) is 9.75. The lowest BCUT2D eigenvalue weighted by Gasteiger charge is -2.53. The van der Waals surface area contributed by atoms with Crippen LogP contribution in [0.1, 0.15) is 137 Å². The molecule has 19 nitrogen and oxygen atoms in total. The fourth-order valence-electron chi connectivity index (χ4n) is 15.6. The molecule has 21 atom stereocenters. The Kier molecular flexibility index (Phi) is 15.1. The molecule has 2 bridgehead atoms. The zero-order valence-corrected chi connectivity index (χ0v) is 47.6. The van der Waals surface area contributed by atoms with Crippen molar-refractivity contribution in [3.63, 3.8) is 0 Å². The maximum Gasteiger partial charge on any atom is 0.355 e. The molecule has 2 aromatic heterocycles. The molecule has 9 N–H and O–H groups in total. The van der Waals surface area contributed by atoms with Crippen LogP contribution in [0.4, 0.5) is 0 Å². The van der Waals surface area contributed by atoms with E-state index in [4.69, 9.17) is 50.5 Å². The Hall–Kier alpha value is -4.67. The van der Waals surface area contributed by atoms with Gasteiger partial charge in [0.25, 0.3) is 5.91 Å². The van der Waals surface area contributed by atoms with Gasteiger partial charge in [-0.25, -0.2) is 9.59 Å². The Bertz CT molecular complexity index is 3020. The molecule has 4 aliphatic heterocycles. The third-order valence-electron chi connectivity index (χ3n) is 20.1. The number of amides is 1. The highest BCUT2D eigenvalue weighted by Crippen LogP contribution is 2.60. The van der Waals surface area contributed by atoms with Gasteiger partial charge in [-0.3, -0.25) is 9.59 Å². The number of hydrogen-bond acceptors (Lipinski definition) is 15. The number of aliphatic carboxylic acids is 1. The highest BCUT2D eigenvalue weighted by Gasteiger charge is 2.66. The number of carboxylic acids is 1. The van der Waals surface area contributed by atoms with Crippen LogP contribution >= 0.6 is 11.6 Å². The summed E-state index contributed by atoms with van der Waals surface area (Å²) in [5.41, 5.74) is 2.97. The number of nitrogens with one attached hydrogen (secondary N) is 3. The summed E-state index contributed by atoms with van der Waals surface area (Å²) in [6.45, 7) is 14.6. The molecular weight excluding hydrogens is 1050 g/mol. The lowest BCUT2D eigenvalue weighted by Crippen LogP contribution is -2.61. The third-order valence-corrected chi connectivity index (χ3v) is 20.3. The van der Waals surface area contributed by atoms with E-state index in [1.807, 2.05) is 39.0 Å². The second kappa shape index (κ2) is 21.2. The Morgan fingerprint density at radius 1 is 0.838 bits per heavy atom. The van der Waals surface area contributed by atoms with Gasteiger partial charge in [-0.2, -0.15) is 0 Å². The summed E-state index contributed by atoms with van der Waals surface area (Å²) in [6, 6.07) is 6.58. The van der Waals surface area contributed by atoms with Crippen LogP contribution in [-0.4, -0.2) is 139 Å². The predicted octanol–water partition coefficient (Wildman–Crippen LogP) is 7.95. The first-order chi connectivity index (χ1) is 37.8. The van der Waals surface area contributed by atoms with Crippen LogP contribution in [0.5, 0.6) is 0 Å². The lowest BCUT2D eigenvalue weighted by atomic mass is 9.53. The predicted molar refractivity (Wildman–Crippen MR) is 293 cm³/mol. The van der Waals surface area contributed by atoms with Gasteiger partial charge in [0.15, 0.2) is 24.7 Å². The molecule has 436 valence electrons. The van der Waals surface area contributed by atoms with E-state index in [1.165, 1.54) is 0 Å². The number of benzene rings is 1. The average Bonchev–Trinajstić information content (AvgIpc) is 4.02. The van der Waals surface area contributed by atoms with Gasteiger partial charge in [0.2, 0.25) is 0 Å². The van der Waals surface area contributed by atoms with Crippen LogP contribution in [0, 0.1) is 40.4 Å². The number of nitrogens with two attached hydrogens (primary N) is 1. The van der Waals surface area contributed by atoms with Gasteiger partial charge in [0.1, 0.15) is 40.4 Å². The number of fused-ring (bicyclic) bond motifs is 7. The number of carbonyl (C=O) groups is 4. The fourth-order valence-corrected chi connectivity index (χ4v) is 15.7. The first-order valence-corrected chi connectivity index (χ1v) is 29.3. The van der Waals surface area contributed by atoms with Crippen molar-refractivity contribution in [2.24, 2.45) is 46.2 Å². The number of hydrogen-bond donors (Lipinski definition) is 8. The largest absolute Gasteiger partial charge is 0.511 e. The van der Waals surface area contributed by atoms with Gasteiger partial charge in [-0.15, -0.1) is 0 Å². The number of H-pyrrole nitrogens is 2. The summed E-state index contributed by atoms with van der Waals surface area (Å²) in [7, 11) is 0. The van der Waals surface area contributed by atoms with Crippen molar-refractivity contribution in [1.29, 1.82) is 0 Å². The number of aliphatic hydroxyl groups is 3. The number of esters is 1. The Morgan fingerprint density at radius 2 is 1.57 bits per heavy atom. The normalized spacial score (nSPS) is 44.1. The highest BCUT2D eigenvalue weighted by molar-refractivity contribution is 6.32. The molecule has 5 fully saturated rings. The summed E-state index contributed by atoms with van der Waals surface area (Å²) in [6.07, 6.45) is 3.26. The maximum atomic E-state index is 15.1. The number of ketones is 1. The molecule has 11 rings (SSSR count). The van der Waals surface area contributed by atoms with E-state index in [9.17, 15) is 34.8 Å². The van der Waals surface area contributed by atoms with Crippen molar-refractivity contribution >= 4 is 57.2 Å². The van der Waals surface area contributed by atoms with E-state index in [-0.39, 0.29) is 78.6 Å². The van der Waals surface area contributed by atoms with Gasteiger partial charge in [0.05, 0.1) is 48.3 Å². The van der Waals surface area contributed by atoms with Crippen molar-refractivity contribution in [1.82, 2.24) is 15.3 Å². The average molecular weight is 1130 g/mol. The molecule has 9 unspecified atom stereocenters. The molecule has 1 aromatic carbocycles. The second-order valence-corrected chi connectivity index (χ2v) is 25.7. The summed E-state index contributed by atoms with van der Waals surface area (Å²) in [4.78, 5) is 61.9. The highest BCUT2D eigenvalue weighted by atomic mass is 35.5. The van der Waals surface area contributed by atoms with Crippen LogP contribution < -0.4 is 11.1 Å². The standard InChI is InChI=1S/C60H79ClN4O15/c1-9-31-24-57(6)25-37(55(70)71)27(2)23-60(57)51(68)48(54(69)65-60)50(67)59(8)32(19-41(31)66)13-15-34-38(59)11-10-12-43(34)78-45-18-17-42(28(3)74-45)77-47-26-58(7,73)52(30(5)76-47)80-46-22-44(49(62)29(4)75-46)79-56(72)40-21-36-35-20-33(61)14-16-39(35)63-53(36)64-40/h13-16,20-21,25,27-32,34,38,41-47,49,52,63-64,66-67,73H,9-12,17-19,22-24,26,62H2,1-8H3,(H,65,69)(H,70,71)/b50-48-/t27?,28-,29+,30+,31?,32?,34?,38?,41?,42-,43-,44+,45+,46-,47-,49-,52+,57?,58-,59?,60?/m1/s1. The molecule has 0 radical (unpaired) electrons. The lowest BCUT2D eigenvalue weighted by molar-refractivity contribution is -0.339. The van der Waals surface area contributed by atoms with E-state index in [1.54, 1.807) is 52.8 Å². The van der Waals surface area contributed by atoms with E-state index in [0.717, 1.165) is 22.7 Å². The van der Waals surface area contributed by atoms with E-state index >= 15 is 4.79 Å². The number of allylic oxidation sites excluding steroid dienone is 2. The summed E-state index contributed by atoms with van der Waals surface area (Å²) < 4.78 is 45.0. The number of rotatable bonds is 10. The van der Waals surface area contributed by atoms with Crippen LogP contribution in [0.25, 0.3) is 21.9 Å². The van der Waals surface area contributed by atoms with Crippen molar-refractivity contribution in [2.75, 3.05) is 0 Å². The monoisotopic (exact) mass is 1130 g/mol. The van der Waals surface area contributed by atoms with Crippen LogP contribution in [-0.2, 0) is 47.5 Å². The molecule has 1 amide bonds. The number of halogens is 1. The van der Waals surface area contributed by atoms with Crippen LogP contribution in [0.3, 0.4) is 0 Å². The first-order valence-electron chi connectivity index (χ1n) is 28.9. The number of aromatic amines is 2. The zero-order valence-electron chi connectivity index (χ0n) is 46.9. The molecule has 8 aliphatic rings. The molecule has 20 heteroatoms. The molecule has 4 saturated heterocycles. The molecular formula is C60H79ClN4O15. The Labute approximate surface area is 470 Å². The van der Waals surface area contributed by atoms with Crippen LogP contribution in [0.15, 0.2) is 59.4 Å². The number of aliphatic hydroxyl groups excluding tert-OH is 2. The minimum Gasteiger partial charge on any atom is -0.511 e. The Balaban J connectivity index is 0.728. The SMILES string of the molecule is CCC1CC2(C)C=C(C(=O)O)C(C)CC23NC(=O)/C(=C(\O)C2(C)C(C=CC4C2CCC[C@H]4O[C@H]2CC[C@@H](O[C@@H]4C[C@@](C)(O)[C@@H](O[C@@H]5C[C@H](OC(=O)c6cc7c([nH]6)[nH]c6ccc(Cl)cc67)[C@H](N)[C@H](C)O5)[C@H](C)O4)[C@@H](C)O2)CC1O)C3=O. The van der Waals surface area contributed by atoms with Crippen molar-refractivity contribution in [3.8, 4) is 0 Å². The van der Waals surface area contributed by atoms with Gasteiger partial charge >= 0.3 is 11.9 Å². The Morgan fingerprint density at radius 3 is 2.30 bits per heavy atom. The minimum absolute atomic E-state index is 0.0475. The van der Waals surface area contributed by atoms with Crippen molar-refractivity contribution in [3.05, 3.63) is 70.1 Å². The van der Waals surface area contributed by atoms with Crippen molar-refractivity contribution in [2.45, 2.75) is 211 Å². The molecule has 1 saturated carbocycles. The number of Topliss-reactive ketones (excluding diaryl/α,β-unsaturated/α-hetero) is 1. The molecule has 6 heterocycles. The van der Waals surface area contributed by atoms with Gasteiger partial charge < -0.3 is 74.6 Å². The minimum atomic E-state index is -1.51. The zero-order chi connectivity index (χ0) is 57.1. The molecule has 4 aliphatic carbocycles. The summed E-state index contributed by atoms with van der Waals surface area (Å²) in [5.74, 6) is -4.98.